The highest BCUT2D eigenvalue weighted by Gasteiger charge is 2.34. The van der Waals surface area contributed by atoms with E-state index >= 15 is 0 Å². The Balaban J connectivity index is 1.92. The predicted molar refractivity (Wildman–Crippen MR) is 134 cm³/mol. The molecule has 1 aliphatic rings. The molecule has 5 heteroatoms. The number of nitrogens with zero attached hydrogens (tertiary/aromatic N) is 2. The van der Waals surface area contributed by atoms with Gasteiger partial charge in [-0.25, -0.2) is 9.48 Å². The van der Waals surface area contributed by atoms with Gasteiger partial charge in [-0.3, -0.25) is 0 Å². The number of carbonyl (C=O) groups excluding carboxylic acids is 1. The number of hydrogen-bond donors (Lipinski definition) is 1. The Morgan fingerprint density at radius 3 is 1.94 bits per heavy atom. The highest BCUT2D eigenvalue weighted by atomic mass is 16.4. The van der Waals surface area contributed by atoms with Gasteiger partial charge in [0.1, 0.15) is 19.3 Å². The summed E-state index contributed by atoms with van der Waals surface area (Å²) in [4.78, 5) is 15.6. The van der Waals surface area contributed by atoms with E-state index in [0.717, 1.165) is 25.1 Å². The Labute approximate surface area is 197 Å². The predicted octanol–water partition coefficient (Wildman–Crippen LogP) is 5.60. The molecule has 0 aromatic heterocycles. The Morgan fingerprint density at radius 1 is 0.906 bits per heavy atom. The van der Waals surface area contributed by atoms with E-state index < -0.39 is 5.97 Å². The first kappa shape index (κ1) is 28.6. The molecule has 1 heterocycles. The second kappa shape index (κ2) is 19.0. The van der Waals surface area contributed by atoms with Crippen LogP contribution in [0.4, 0.5) is 0 Å². The van der Waals surface area contributed by atoms with E-state index in [2.05, 4.69) is 24.1 Å². The van der Waals surface area contributed by atoms with Crippen molar-refractivity contribution in [3.63, 3.8) is 0 Å². The molecule has 0 aromatic carbocycles. The van der Waals surface area contributed by atoms with E-state index in [1.807, 2.05) is 6.20 Å². The lowest BCUT2D eigenvalue weighted by Crippen LogP contribution is -2.55. The van der Waals surface area contributed by atoms with Crippen molar-refractivity contribution in [1.29, 1.82) is 0 Å². The van der Waals surface area contributed by atoms with Gasteiger partial charge in [0.25, 0.3) is 0 Å². The molecule has 1 unspecified atom stereocenters. The number of aliphatic carboxylic acids is 1. The molecular weight excluding hydrogens is 398 g/mol. The molecule has 5 nitrogen and oxygen atoms in total. The molecule has 2 N–H and O–H groups in total. The molecule has 32 heavy (non-hydrogen) atoms. The first-order valence-corrected chi connectivity index (χ1v) is 13.3. The molecule has 0 fully saturated rings. The van der Waals surface area contributed by atoms with Crippen LogP contribution in [0.1, 0.15) is 116 Å². The summed E-state index contributed by atoms with van der Waals surface area (Å²) in [6.07, 6.45) is 30.1. The molecule has 184 valence electrons. The first-order valence-electron chi connectivity index (χ1n) is 13.3. The monoisotopic (exact) mass is 447 g/mol. The van der Waals surface area contributed by atoms with Crippen molar-refractivity contribution in [2.45, 2.75) is 116 Å². The zero-order valence-electron chi connectivity index (χ0n) is 20.7. The minimum atomic E-state index is -1.05. The number of nitrogens with two attached hydrogens (primary N) is 1. The summed E-state index contributed by atoms with van der Waals surface area (Å²) in [6, 6.07) is 0. The van der Waals surface area contributed by atoms with Gasteiger partial charge >= 0.3 is 0 Å². The second-order valence-corrected chi connectivity index (χ2v) is 9.29. The van der Waals surface area contributed by atoms with E-state index in [0.29, 0.717) is 13.1 Å². The molecule has 0 amide bonds. The summed E-state index contributed by atoms with van der Waals surface area (Å²) in [5.74, 6) is -0.124. The summed E-state index contributed by atoms with van der Waals surface area (Å²) in [5.41, 5.74) is 5.71. The highest BCUT2D eigenvalue weighted by molar-refractivity contribution is 5.80. The van der Waals surface area contributed by atoms with Crippen LogP contribution in [0.3, 0.4) is 0 Å². The third-order valence-corrected chi connectivity index (χ3v) is 6.45. The number of rotatable bonds is 22. The van der Waals surface area contributed by atoms with E-state index in [9.17, 15) is 9.90 Å². The molecule has 1 aliphatic heterocycles. The van der Waals surface area contributed by atoms with Crippen molar-refractivity contribution in [2.24, 2.45) is 10.7 Å². The summed E-state index contributed by atoms with van der Waals surface area (Å²) < 4.78 is 0.245. The Bertz CT molecular complexity index is 571. The van der Waals surface area contributed by atoms with Crippen LogP contribution in [0, 0.1) is 0 Å². The fraction of sp³-hybridized carbons (Fsp3) is 0.778. The smallest absolute Gasteiger partial charge is 0.207 e. The lowest BCUT2D eigenvalue weighted by Gasteiger charge is -2.32. The van der Waals surface area contributed by atoms with Gasteiger partial charge in [0.05, 0.1) is 12.2 Å². The van der Waals surface area contributed by atoms with Crippen LogP contribution in [0.25, 0.3) is 0 Å². The maximum Gasteiger partial charge on any atom is 0.207 e. The van der Waals surface area contributed by atoms with Gasteiger partial charge in [-0.15, -0.1) is 0 Å². The molecule has 0 radical (unpaired) electrons. The third kappa shape index (κ3) is 13.2. The van der Waals surface area contributed by atoms with E-state index in [1.54, 1.807) is 6.20 Å². The van der Waals surface area contributed by atoms with E-state index in [1.165, 1.54) is 89.9 Å². The van der Waals surface area contributed by atoms with Crippen molar-refractivity contribution in [2.75, 3.05) is 19.6 Å². The van der Waals surface area contributed by atoms with Crippen LogP contribution >= 0.6 is 0 Å². The Hall–Kier alpha value is -1.46. The molecule has 0 bridgehead atoms. The van der Waals surface area contributed by atoms with Crippen LogP contribution in [-0.4, -0.2) is 35.9 Å². The van der Waals surface area contributed by atoms with Crippen molar-refractivity contribution in [3.05, 3.63) is 24.6 Å². The number of allylic oxidation sites excluding steroid dienone is 2. The number of amidine groups is 1. The van der Waals surface area contributed by atoms with Gasteiger partial charge in [-0.05, 0) is 25.7 Å². The van der Waals surface area contributed by atoms with Gasteiger partial charge in [-0.1, -0.05) is 96.1 Å². The normalized spacial score (nSPS) is 18.0. The van der Waals surface area contributed by atoms with Gasteiger partial charge in [-0.2, -0.15) is 0 Å². The zero-order chi connectivity index (χ0) is 23.3. The van der Waals surface area contributed by atoms with Crippen molar-refractivity contribution in [3.8, 4) is 0 Å². The second-order valence-electron chi connectivity index (χ2n) is 9.29. The first-order chi connectivity index (χ1) is 15.6. The van der Waals surface area contributed by atoms with Crippen molar-refractivity contribution >= 4 is 11.8 Å². The number of aliphatic imine (C=N–C) groups is 1. The fourth-order valence-corrected chi connectivity index (χ4v) is 4.57. The van der Waals surface area contributed by atoms with Gasteiger partial charge < -0.3 is 15.6 Å². The summed E-state index contributed by atoms with van der Waals surface area (Å²) in [5, 5.41) is 11.2. The molecule has 1 atom stereocenters. The van der Waals surface area contributed by atoms with Gasteiger partial charge in [0.2, 0.25) is 5.84 Å². The van der Waals surface area contributed by atoms with Crippen LogP contribution in [-0.2, 0) is 4.79 Å². The van der Waals surface area contributed by atoms with Crippen LogP contribution in [0.15, 0.2) is 29.5 Å². The van der Waals surface area contributed by atoms with Crippen LogP contribution < -0.4 is 10.8 Å². The van der Waals surface area contributed by atoms with E-state index in [4.69, 9.17) is 5.73 Å². The van der Waals surface area contributed by atoms with Crippen molar-refractivity contribution in [1.82, 2.24) is 0 Å². The highest BCUT2D eigenvalue weighted by Crippen LogP contribution is 2.21. The molecule has 0 spiro atoms. The SMILES string of the molecule is CC/C=C/CCCCCCCCCCCCCCCCC1=NC=C[N+]1(CCN)CC(=O)[O-]. The quantitative estimate of drug-likeness (QED) is 0.133. The standard InChI is InChI=1S/C27H49N3O2/c1-2-3-4-5-6-7-8-9-10-11-12-13-14-15-16-17-18-19-20-26-29-22-24-30(26,23-21-28)25-27(31)32/h3-4,22,24H,2,5-21,23,25,28H2,1H3/b4-3+. The lowest BCUT2D eigenvalue weighted by molar-refractivity contribution is -0.780. The minimum absolute atomic E-state index is 0.0663. The maximum absolute atomic E-state index is 11.2. The average Bonchev–Trinajstić information content (AvgIpc) is 3.14. The summed E-state index contributed by atoms with van der Waals surface area (Å²) in [7, 11) is 0. The van der Waals surface area contributed by atoms with Gasteiger partial charge in [0.15, 0.2) is 0 Å². The minimum Gasteiger partial charge on any atom is -0.544 e. The number of carboxylic acid groups (broad SMARTS) is 1. The molecule has 0 saturated heterocycles. The lowest BCUT2D eigenvalue weighted by atomic mass is 10.0. The molecule has 1 rings (SSSR count). The van der Waals surface area contributed by atoms with Crippen LogP contribution in [0.5, 0.6) is 0 Å². The van der Waals surface area contributed by atoms with Crippen LogP contribution in [0.2, 0.25) is 0 Å². The number of carbonyl (C=O) groups is 1. The Kier molecular flexibility index (Phi) is 17.0. The molecule has 0 aromatic rings. The number of quaternary nitrogens is 1. The maximum atomic E-state index is 11.2. The van der Waals surface area contributed by atoms with Crippen molar-refractivity contribution < 1.29 is 14.4 Å². The van der Waals surface area contributed by atoms with Gasteiger partial charge in [0, 0.05) is 13.0 Å². The third-order valence-electron chi connectivity index (χ3n) is 6.45. The largest absolute Gasteiger partial charge is 0.544 e. The fourth-order valence-electron chi connectivity index (χ4n) is 4.57. The summed E-state index contributed by atoms with van der Waals surface area (Å²) >= 11 is 0. The molecular formula is C27H49N3O2. The summed E-state index contributed by atoms with van der Waals surface area (Å²) in [6.45, 7) is 3.14. The molecule has 0 aliphatic carbocycles. The Morgan fingerprint density at radius 2 is 1.44 bits per heavy atom. The zero-order valence-corrected chi connectivity index (χ0v) is 20.7. The number of unbranched alkanes of at least 4 members (excludes halogenated alkanes) is 14. The number of carboxylic acids is 1. The van der Waals surface area contributed by atoms with E-state index in [-0.39, 0.29) is 11.0 Å². The topological polar surface area (TPSA) is 78.5 Å². The number of hydrogen-bond acceptors (Lipinski definition) is 4. The molecule has 0 saturated carbocycles. The average molecular weight is 448 g/mol.